The lowest BCUT2D eigenvalue weighted by atomic mass is 10.1. The van der Waals surface area contributed by atoms with Gasteiger partial charge in [0.1, 0.15) is 6.10 Å². The molecule has 1 atom stereocenters. The first-order chi connectivity index (χ1) is 16.2. The Morgan fingerprint density at radius 1 is 1.09 bits per heavy atom. The van der Waals surface area contributed by atoms with Crippen molar-refractivity contribution in [3.8, 4) is 0 Å². The highest BCUT2D eigenvalue weighted by atomic mass is 127. The molecule has 2 heterocycles. The van der Waals surface area contributed by atoms with Gasteiger partial charge in [-0.2, -0.15) is 5.10 Å². The molecule has 0 bridgehead atoms. The first kappa shape index (κ1) is 26.2. The zero-order chi connectivity index (χ0) is 22.9. The van der Waals surface area contributed by atoms with E-state index in [9.17, 15) is 0 Å². The Kier molecular flexibility index (Phi) is 10.4. The van der Waals surface area contributed by atoms with Crippen LogP contribution in [0, 0.1) is 0 Å². The van der Waals surface area contributed by atoms with Crippen molar-refractivity contribution in [2.24, 2.45) is 12.0 Å². The number of halogens is 1. The number of nitrogens with zero attached hydrogens (tertiary/aromatic N) is 4. The van der Waals surface area contributed by atoms with Gasteiger partial charge in [-0.1, -0.05) is 54.6 Å². The van der Waals surface area contributed by atoms with Gasteiger partial charge in [0, 0.05) is 31.9 Å². The molecule has 0 amide bonds. The quantitative estimate of drug-likeness (QED) is 0.247. The van der Waals surface area contributed by atoms with Crippen molar-refractivity contribution < 1.29 is 9.47 Å². The Hall–Kier alpha value is -2.43. The number of rotatable bonds is 8. The number of aliphatic imine (C=N–C) groups is 1. The summed E-state index contributed by atoms with van der Waals surface area (Å²) >= 11 is 0. The molecule has 0 aliphatic carbocycles. The highest BCUT2D eigenvalue weighted by molar-refractivity contribution is 14.0. The monoisotopic (exact) mass is 575 g/mol. The molecular weight excluding hydrogens is 541 g/mol. The predicted octanol–water partition coefficient (Wildman–Crippen LogP) is 4.29. The van der Waals surface area contributed by atoms with Gasteiger partial charge in [0.2, 0.25) is 0 Å². The minimum atomic E-state index is 0. The summed E-state index contributed by atoms with van der Waals surface area (Å²) in [5.41, 5.74) is 4.63. The maximum absolute atomic E-state index is 5.98. The predicted molar refractivity (Wildman–Crippen MR) is 145 cm³/mol. The zero-order valence-electron chi connectivity index (χ0n) is 19.9. The normalized spacial score (nSPS) is 16.2. The molecule has 34 heavy (non-hydrogen) atoms. The number of nitrogens with one attached hydrogen (secondary N) is 1. The lowest BCUT2D eigenvalue weighted by molar-refractivity contribution is -0.00805. The maximum atomic E-state index is 5.98. The summed E-state index contributed by atoms with van der Waals surface area (Å²) in [6, 6.07) is 18.7. The molecular formula is C26H34IN5O2. The number of benzene rings is 2. The topological polar surface area (TPSA) is 63.9 Å². The van der Waals surface area contributed by atoms with Gasteiger partial charge in [0.25, 0.3) is 0 Å². The maximum Gasteiger partial charge on any atom is 0.194 e. The number of aromatic nitrogens is 2. The van der Waals surface area contributed by atoms with Crippen molar-refractivity contribution in [2.45, 2.75) is 32.8 Å². The van der Waals surface area contributed by atoms with Crippen LogP contribution in [0.2, 0.25) is 0 Å². The smallest absolute Gasteiger partial charge is 0.194 e. The standard InChI is InChI=1S/C26H33N5O2.HI/c1-3-27-26(31-13-14-33-25(18-31)24-16-29-30(2)17-24)28-15-21-9-11-23(12-10-21)20-32-19-22-7-5-4-6-8-22;/h4-12,16-17,25H,3,13-15,18-20H2,1-2H3,(H,27,28);1H. The first-order valence-electron chi connectivity index (χ1n) is 11.5. The van der Waals surface area contributed by atoms with E-state index in [2.05, 4.69) is 58.6 Å². The van der Waals surface area contributed by atoms with Crippen LogP contribution < -0.4 is 5.32 Å². The molecule has 1 unspecified atom stereocenters. The van der Waals surface area contributed by atoms with Gasteiger partial charge >= 0.3 is 0 Å². The lowest BCUT2D eigenvalue weighted by Gasteiger charge is -2.34. The third-order valence-corrected chi connectivity index (χ3v) is 5.61. The second-order valence-corrected chi connectivity index (χ2v) is 8.22. The Balaban J connectivity index is 0.00000324. The highest BCUT2D eigenvalue weighted by Gasteiger charge is 2.25. The Bertz CT molecular complexity index is 1020. The van der Waals surface area contributed by atoms with Gasteiger partial charge in [-0.3, -0.25) is 4.68 Å². The SMILES string of the molecule is CCNC(=NCc1ccc(COCc2ccccc2)cc1)N1CCOC(c2cnn(C)c2)C1.I. The minimum absolute atomic E-state index is 0. The third kappa shape index (κ3) is 7.54. The van der Waals surface area contributed by atoms with E-state index in [-0.39, 0.29) is 30.1 Å². The molecule has 1 saturated heterocycles. The molecule has 4 rings (SSSR count). The molecule has 2 aromatic carbocycles. The summed E-state index contributed by atoms with van der Waals surface area (Å²) in [6.07, 6.45) is 3.90. The van der Waals surface area contributed by atoms with Crippen LogP contribution in [0.3, 0.4) is 0 Å². The van der Waals surface area contributed by atoms with Gasteiger partial charge in [-0.25, -0.2) is 4.99 Å². The summed E-state index contributed by atoms with van der Waals surface area (Å²) in [5, 5.41) is 7.71. The zero-order valence-corrected chi connectivity index (χ0v) is 22.2. The average molecular weight is 575 g/mol. The molecule has 8 heteroatoms. The molecule has 1 aliphatic heterocycles. The van der Waals surface area contributed by atoms with E-state index in [1.807, 2.05) is 42.3 Å². The molecule has 0 radical (unpaired) electrons. The first-order valence-corrected chi connectivity index (χ1v) is 11.5. The molecule has 0 spiro atoms. The number of hydrogen-bond acceptors (Lipinski definition) is 4. The number of ether oxygens (including phenoxy) is 2. The van der Waals surface area contributed by atoms with E-state index in [1.54, 1.807) is 0 Å². The van der Waals surface area contributed by atoms with Crippen molar-refractivity contribution in [3.05, 3.63) is 89.2 Å². The Morgan fingerprint density at radius 3 is 2.47 bits per heavy atom. The van der Waals surface area contributed by atoms with Crippen LogP contribution >= 0.6 is 24.0 Å². The summed E-state index contributed by atoms with van der Waals surface area (Å²) in [6.45, 7) is 7.02. The van der Waals surface area contributed by atoms with E-state index in [4.69, 9.17) is 14.5 Å². The largest absolute Gasteiger partial charge is 0.372 e. The fourth-order valence-electron chi connectivity index (χ4n) is 3.84. The number of guanidine groups is 1. The van der Waals surface area contributed by atoms with E-state index in [0.29, 0.717) is 26.4 Å². The van der Waals surface area contributed by atoms with E-state index in [1.165, 1.54) is 11.1 Å². The Morgan fingerprint density at radius 2 is 1.79 bits per heavy atom. The second-order valence-electron chi connectivity index (χ2n) is 8.22. The Labute approximate surface area is 219 Å². The van der Waals surface area contributed by atoms with Crippen molar-refractivity contribution in [1.82, 2.24) is 20.0 Å². The minimum Gasteiger partial charge on any atom is -0.372 e. The average Bonchev–Trinajstić information content (AvgIpc) is 3.30. The van der Waals surface area contributed by atoms with E-state index >= 15 is 0 Å². The lowest BCUT2D eigenvalue weighted by Crippen LogP contribution is -2.48. The summed E-state index contributed by atoms with van der Waals surface area (Å²) in [7, 11) is 1.93. The molecule has 1 N–H and O–H groups in total. The van der Waals surface area contributed by atoms with Gasteiger partial charge < -0.3 is 19.7 Å². The molecule has 1 aromatic heterocycles. The van der Waals surface area contributed by atoms with Gasteiger partial charge in [0.15, 0.2) is 5.96 Å². The van der Waals surface area contributed by atoms with E-state index < -0.39 is 0 Å². The van der Waals surface area contributed by atoms with Crippen LogP contribution in [-0.4, -0.2) is 46.9 Å². The number of aryl methyl sites for hydroxylation is 1. The third-order valence-electron chi connectivity index (χ3n) is 5.61. The fraction of sp³-hybridized carbons (Fsp3) is 0.385. The molecule has 1 fully saturated rings. The van der Waals surface area contributed by atoms with Crippen LogP contribution in [0.4, 0.5) is 0 Å². The number of morpholine rings is 1. The molecule has 182 valence electrons. The van der Waals surface area contributed by atoms with Crippen LogP contribution in [-0.2, 0) is 36.3 Å². The van der Waals surface area contributed by atoms with Crippen LogP contribution in [0.25, 0.3) is 0 Å². The summed E-state index contributed by atoms with van der Waals surface area (Å²) in [5.74, 6) is 0.921. The summed E-state index contributed by atoms with van der Waals surface area (Å²) < 4.78 is 13.6. The highest BCUT2D eigenvalue weighted by Crippen LogP contribution is 2.21. The summed E-state index contributed by atoms with van der Waals surface area (Å²) in [4.78, 5) is 7.17. The molecule has 1 aliphatic rings. The molecule has 0 saturated carbocycles. The van der Waals surface area contributed by atoms with Crippen LogP contribution in [0.15, 0.2) is 72.0 Å². The van der Waals surface area contributed by atoms with Gasteiger partial charge in [-0.05, 0) is 23.6 Å². The van der Waals surface area contributed by atoms with Crippen LogP contribution in [0.1, 0.15) is 35.3 Å². The van der Waals surface area contributed by atoms with E-state index in [0.717, 1.165) is 36.7 Å². The van der Waals surface area contributed by atoms with Crippen molar-refractivity contribution in [1.29, 1.82) is 0 Å². The van der Waals surface area contributed by atoms with Gasteiger partial charge in [0.05, 0.1) is 39.1 Å². The molecule has 7 nitrogen and oxygen atoms in total. The van der Waals surface area contributed by atoms with Gasteiger partial charge in [-0.15, -0.1) is 24.0 Å². The van der Waals surface area contributed by atoms with Crippen molar-refractivity contribution >= 4 is 29.9 Å². The second kappa shape index (κ2) is 13.5. The van der Waals surface area contributed by atoms with Crippen molar-refractivity contribution in [2.75, 3.05) is 26.2 Å². The molecule has 3 aromatic rings. The fourth-order valence-corrected chi connectivity index (χ4v) is 3.84. The van der Waals surface area contributed by atoms with Crippen LogP contribution in [0.5, 0.6) is 0 Å². The number of hydrogen-bond donors (Lipinski definition) is 1. The van der Waals surface area contributed by atoms with Crippen molar-refractivity contribution in [3.63, 3.8) is 0 Å².